The Hall–Kier alpha value is -0.770. The minimum absolute atomic E-state index is 0.0643. The number of halogens is 1. The van der Waals surface area contributed by atoms with Crippen LogP contribution in [0.1, 0.15) is 42.3 Å². The maximum atomic E-state index is 12.1. The molecule has 0 unspecified atom stereocenters. The highest BCUT2D eigenvalue weighted by atomic mass is 79.9. The Kier molecular flexibility index (Phi) is 6.34. The zero-order chi connectivity index (χ0) is 12.7. The third kappa shape index (κ3) is 4.19. The van der Waals surface area contributed by atoms with Gasteiger partial charge in [0.15, 0.2) is 0 Å². The summed E-state index contributed by atoms with van der Waals surface area (Å²) < 4.78 is 5.27. The van der Waals surface area contributed by atoms with Crippen molar-refractivity contribution in [1.29, 1.82) is 0 Å². The number of rotatable bonds is 7. The van der Waals surface area contributed by atoms with E-state index in [0.717, 1.165) is 43.3 Å². The number of carbonyl (C=O) groups is 1. The number of nitrogens with zero attached hydrogens (tertiary/aromatic N) is 1. The first-order valence-electron chi connectivity index (χ1n) is 6.08. The van der Waals surface area contributed by atoms with Crippen LogP contribution in [-0.4, -0.2) is 29.7 Å². The van der Waals surface area contributed by atoms with E-state index < -0.39 is 0 Å². The maximum Gasteiger partial charge on any atom is 0.257 e. The summed E-state index contributed by atoms with van der Waals surface area (Å²) >= 11 is 3.40. The monoisotopic (exact) mass is 301 g/mol. The van der Waals surface area contributed by atoms with Crippen molar-refractivity contribution >= 4 is 21.8 Å². The molecule has 1 aromatic heterocycles. The van der Waals surface area contributed by atoms with E-state index in [0.29, 0.717) is 5.56 Å². The lowest BCUT2D eigenvalue weighted by molar-refractivity contribution is 0.0790. The average Bonchev–Trinajstić information content (AvgIpc) is 2.81. The van der Waals surface area contributed by atoms with Crippen molar-refractivity contribution in [2.75, 3.05) is 18.9 Å². The smallest absolute Gasteiger partial charge is 0.257 e. The van der Waals surface area contributed by atoms with Crippen molar-refractivity contribution in [2.24, 2.45) is 0 Å². The predicted octanol–water partition coefficient (Wildman–Crippen LogP) is 3.48. The van der Waals surface area contributed by atoms with Gasteiger partial charge in [0.2, 0.25) is 0 Å². The summed E-state index contributed by atoms with van der Waals surface area (Å²) in [5, 5.41) is 1.03. The van der Waals surface area contributed by atoms with Crippen LogP contribution in [0.4, 0.5) is 0 Å². The SMILES string of the molecule is CCc1occc1C(=O)N(C)CCCCCBr. The molecule has 0 atom stereocenters. The minimum Gasteiger partial charge on any atom is -0.469 e. The molecular weight excluding hydrogens is 282 g/mol. The van der Waals surface area contributed by atoms with Crippen LogP contribution < -0.4 is 0 Å². The second-order valence-electron chi connectivity index (χ2n) is 4.09. The van der Waals surface area contributed by atoms with Crippen LogP contribution in [-0.2, 0) is 6.42 Å². The molecule has 0 radical (unpaired) electrons. The molecule has 0 bridgehead atoms. The van der Waals surface area contributed by atoms with Gasteiger partial charge < -0.3 is 9.32 Å². The topological polar surface area (TPSA) is 33.5 Å². The van der Waals surface area contributed by atoms with Crippen LogP contribution in [0.2, 0.25) is 0 Å². The number of hydrogen-bond acceptors (Lipinski definition) is 2. The molecule has 0 aliphatic rings. The van der Waals surface area contributed by atoms with Gasteiger partial charge in [-0.1, -0.05) is 29.3 Å². The molecule has 0 saturated heterocycles. The van der Waals surface area contributed by atoms with Crippen LogP contribution in [0.3, 0.4) is 0 Å². The van der Waals surface area contributed by atoms with E-state index in [1.165, 1.54) is 0 Å². The van der Waals surface area contributed by atoms with E-state index in [1.54, 1.807) is 17.2 Å². The molecular formula is C13H20BrNO2. The molecule has 3 nitrogen and oxygen atoms in total. The predicted molar refractivity (Wildman–Crippen MR) is 72.7 cm³/mol. The van der Waals surface area contributed by atoms with Crippen LogP contribution in [0.15, 0.2) is 16.7 Å². The summed E-state index contributed by atoms with van der Waals surface area (Å²) in [5.74, 6) is 0.844. The number of carbonyl (C=O) groups excluding carboxylic acids is 1. The highest BCUT2D eigenvalue weighted by Gasteiger charge is 2.16. The van der Waals surface area contributed by atoms with E-state index in [9.17, 15) is 4.79 Å². The van der Waals surface area contributed by atoms with Gasteiger partial charge >= 0.3 is 0 Å². The summed E-state index contributed by atoms with van der Waals surface area (Å²) in [4.78, 5) is 13.9. The summed E-state index contributed by atoms with van der Waals surface area (Å²) in [6.07, 6.45) is 5.70. The number of aryl methyl sites for hydroxylation is 1. The average molecular weight is 302 g/mol. The lowest BCUT2D eigenvalue weighted by Gasteiger charge is -2.16. The molecule has 0 aromatic carbocycles. The van der Waals surface area contributed by atoms with Crippen LogP contribution >= 0.6 is 15.9 Å². The van der Waals surface area contributed by atoms with E-state index >= 15 is 0 Å². The quantitative estimate of drug-likeness (QED) is 0.571. The van der Waals surface area contributed by atoms with Gasteiger partial charge in [-0.25, -0.2) is 0 Å². The van der Waals surface area contributed by atoms with Gasteiger partial charge in [-0.3, -0.25) is 4.79 Å². The molecule has 4 heteroatoms. The maximum absolute atomic E-state index is 12.1. The van der Waals surface area contributed by atoms with Gasteiger partial charge in [0.1, 0.15) is 5.76 Å². The summed E-state index contributed by atoms with van der Waals surface area (Å²) in [7, 11) is 1.85. The molecule has 1 rings (SSSR count). The van der Waals surface area contributed by atoms with Gasteiger partial charge in [0.25, 0.3) is 5.91 Å². The third-order valence-electron chi connectivity index (χ3n) is 2.77. The van der Waals surface area contributed by atoms with E-state index in [1.807, 2.05) is 14.0 Å². The first-order valence-corrected chi connectivity index (χ1v) is 7.20. The largest absolute Gasteiger partial charge is 0.469 e. The van der Waals surface area contributed by atoms with Gasteiger partial charge in [0, 0.05) is 25.3 Å². The Balaban J connectivity index is 2.46. The van der Waals surface area contributed by atoms with Crippen LogP contribution in [0.25, 0.3) is 0 Å². The minimum atomic E-state index is 0.0643. The standard InChI is InChI=1S/C13H20BrNO2/c1-3-12-11(7-10-17-12)13(16)15(2)9-6-4-5-8-14/h7,10H,3-6,8-9H2,1-2H3. The van der Waals surface area contributed by atoms with Gasteiger partial charge in [-0.05, 0) is 18.9 Å². The molecule has 96 valence electrons. The summed E-state index contributed by atoms with van der Waals surface area (Å²) in [5.41, 5.74) is 0.704. The molecule has 1 aromatic rings. The van der Waals surface area contributed by atoms with Gasteiger partial charge in [0.05, 0.1) is 11.8 Å². The molecule has 0 aliphatic heterocycles. The molecule has 0 spiro atoms. The molecule has 0 fully saturated rings. The van der Waals surface area contributed by atoms with Gasteiger partial charge in [-0.2, -0.15) is 0 Å². The van der Waals surface area contributed by atoms with Crippen molar-refractivity contribution in [1.82, 2.24) is 4.90 Å². The second kappa shape index (κ2) is 7.54. The van der Waals surface area contributed by atoms with Crippen molar-refractivity contribution in [2.45, 2.75) is 32.6 Å². The zero-order valence-electron chi connectivity index (χ0n) is 10.5. The number of furan rings is 1. The molecule has 17 heavy (non-hydrogen) atoms. The Morgan fingerprint density at radius 1 is 1.41 bits per heavy atom. The van der Waals surface area contributed by atoms with Gasteiger partial charge in [-0.15, -0.1) is 0 Å². The molecule has 0 aliphatic carbocycles. The number of amides is 1. The molecule has 0 N–H and O–H groups in total. The van der Waals surface area contributed by atoms with Crippen molar-refractivity contribution < 1.29 is 9.21 Å². The fourth-order valence-corrected chi connectivity index (χ4v) is 2.13. The fourth-order valence-electron chi connectivity index (χ4n) is 1.73. The number of hydrogen-bond donors (Lipinski definition) is 0. The molecule has 1 heterocycles. The first-order chi connectivity index (χ1) is 8.20. The zero-order valence-corrected chi connectivity index (χ0v) is 12.1. The molecule has 1 amide bonds. The van der Waals surface area contributed by atoms with Crippen LogP contribution in [0.5, 0.6) is 0 Å². The molecule has 0 saturated carbocycles. The van der Waals surface area contributed by atoms with Crippen molar-refractivity contribution in [3.8, 4) is 0 Å². The Bertz CT molecular complexity index is 349. The Morgan fingerprint density at radius 3 is 2.82 bits per heavy atom. The normalized spacial score (nSPS) is 10.5. The van der Waals surface area contributed by atoms with Crippen molar-refractivity contribution in [3.05, 3.63) is 23.7 Å². The fraction of sp³-hybridized carbons (Fsp3) is 0.615. The summed E-state index contributed by atoms with van der Waals surface area (Å²) in [6.45, 7) is 2.80. The summed E-state index contributed by atoms with van der Waals surface area (Å²) in [6, 6.07) is 1.76. The van der Waals surface area contributed by atoms with Crippen molar-refractivity contribution in [3.63, 3.8) is 0 Å². The Morgan fingerprint density at radius 2 is 2.18 bits per heavy atom. The number of alkyl halides is 1. The van der Waals surface area contributed by atoms with Crippen LogP contribution in [0, 0.1) is 0 Å². The second-order valence-corrected chi connectivity index (χ2v) is 4.88. The highest BCUT2D eigenvalue weighted by molar-refractivity contribution is 9.09. The van der Waals surface area contributed by atoms with E-state index in [-0.39, 0.29) is 5.91 Å². The van der Waals surface area contributed by atoms with E-state index in [4.69, 9.17) is 4.42 Å². The first kappa shape index (κ1) is 14.3. The van der Waals surface area contributed by atoms with E-state index in [2.05, 4.69) is 15.9 Å². The third-order valence-corrected chi connectivity index (χ3v) is 3.33. The number of unbranched alkanes of at least 4 members (excludes halogenated alkanes) is 2. The lowest BCUT2D eigenvalue weighted by Crippen LogP contribution is -2.28. The Labute approximate surface area is 111 Å². The lowest BCUT2D eigenvalue weighted by atomic mass is 10.2. The highest BCUT2D eigenvalue weighted by Crippen LogP contribution is 2.13.